The summed E-state index contributed by atoms with van der Waals surface area (Å²) >= 11 is 2.63. The van der Waals surface area contributed by atoms with Gasteiger partial charge in [0, 0.05) is 0 Å². The Morgan fingerprint density at radius 2 is 1.88 bits per heavy atom. The van der Waals surface area contributed by atoms with Gasteiger partial charge in [-0.1, -0.05) is 0 Å². The van der Waals surface area contributed by atoms with Crippen molar-refractivity contribution in [2.45, 2.75) is 13.0 Å². The average molecular weight is 555 g/mol. The van der Waals surface area contributed by atoms with Gasteiger partial charge in [0.25, 0.3) is 0 Å². The number of thiophene rings is 2. The Morgan fingerprint density at radius 3 is 2.64 bits per heavy atom. The molecule has 0 saturated carbocycles. The maximum atomic E-state index is 4.22. The van der Waals surface area contributed by atoms with Crippen molar-refractivity contribution in [2.24, 2.45) is 0 Å². The molecule has 0 fully saturated rings. The Bertz CT molecular complexity index is 968. The van der Waals surface area contributed by atoms with Crippen LogP contribution in [0, 0.1) is 0 Å². The van der Waals surface area contributed by atoms with Crippen LogP contribution in [0.1, 0.15) is 16.1 Å². The minimum atomic E-state index is -1.07. The van der Waals surface area contributed by atoms with Gasteiger partial charge < -0.3 is 0 Å². The van der Waals surface area contributed by atoms with E-state index in [0.29, 0.717) is 0 Å². The quantitative estimate of drug-likeness (QED) is 0.318. The molecule has 0 aliphatic rings. The molecular weight excluding hydrogens is 537 g/mol. The van der Waals surface area contributed by atoms with Crippen molar-refractivity contribution in [3.05, 3.63) is 88.6 Å². The molecule has 0 spiro atoms. The normalized spacial score (nSPS) is 10.7. The molecular formula is C20H18N2S2Tl+. The predicted molar refractivity (Wildman–Crippen MR) is 109 cm³/mol. The summed E-state index contributed by atoms with van der Waals surface area (Å²) in [5.74, 6) is 0. The number of hydrogen-bond acceptors (Lipinski definition) is 2. The molecule has 0 aliphatic heterocycles. The van der Waals surface area contributed by atoms with Crippen molar-refractivity contribution in [1.82, 2.24) is 4.57 Å². The van der Waals surface area contributed by atoms with E-state index in [9.17, 15) is 0 Å². The van der Waals surface area contributed by atoms with Crippen molar-refractivity contribution >= 4 is 50.8 Å². The molecule has 0 saturated heterocycles. The molecule has 0 unspecified atom stereocenters. The van der Waals surface area contributed by atoms with Crippen LogP contribution in [0.5, 0.6) is 0 Å². The Balaban J connectivity index is 1.59. The predicted octanol–water partition coefficient (Wildman–Crippen LogP) is 4.10. The van der Waals surface area contributed by atoms with Gasteiger partial charge in [-0.05, 0) is 0 Å². The SMILES string of the molecule is [CH2]=[Tl][n+]1cc(Cc2ccccc2)n(Cc2ccc(-c3cccs3)s2)c1. The van der Waals surface area contributed by atoms with Crippen molar-refractivity contribution in [3.8, 4) is 9.75 Å². The molecule has 0 bridgehead atoms. The molecule has 4 aromatic rings. The standard InChI is InChI=1S/C19H16N2S2.CH2.Tl/c1-2-5-15(6-3-1)11-16-12-20-14-21(16)13-17-8-9-19(23-17)18-7-4-10-22-18;;/h1-10,12,14H,11,13H2;1H2;/q;;+1. The second kappa shape index (κ2) is 7.89. The molecule has 0 radical (unpaired) electrons. The summed E-state index contributed by atoms with van der Waals surface area (Å²) in [6.07, 6.45) is 5.55. The van der Waals surface area contributed by atoms with E-state index in [2.05, 4.69) is 83.5 Å². The monoisotopic (exact) mass is 555 g/mol. The average Bonchev–Trinajstić information content (AvgIpc) is 3.37. The topological polar surface area (TPSA) is 8.81 Å². The number of nitrogens with zero attached hydrogens (tertiary/aromatic N) is 2. The van der Waals surface area contributed by atoms with Crippen LogP contribution in [-0.2, 0) is 13.0 Å². The zero-order chi connectivity index (χ0) is 17.1. The summed E-state index contributed by atoms with van der Waals surface area (Å²) in [6, 6.07) is 19.5. The Labute approximate surface area is 168 Å². The van der Waals surface area contributed by atoms with E-state index < -0.39 is 24.0 Å². The van der Waals surface area contributed by atoms with E-state index in [4.69, 9.17) is 0 Å². The van der Waals surface area contributed by atoms with Crippen molar-refractivity contribution < 1.29 is 2.38 Å². The molecule has 0 N–H and O–H groups in total. The van der Waals surface area contributed by atoms with Crippen LogP contribution in [0.25, 0.3) is 9.75 Å². The molecule has 25 heavy (non-hydrogen) atoms. The molecule has 0 atom stereocenters. The first kappa shape index (κ1) is 17.1. The second-order valence-corrected chi connectivity index (χ2v) is 11.8. The summed E-state index contributed by atoms with van der Waals surface area (Å²) in [6.45, 7) is 0.941. The Morgan fingerprint density at radius 1 is 1.00 bits per heavy atom. The third kappa shape index (κ3) is 4.07. The van der Waals surface area contributed by atoms with E-state index in [1.54, 1.807) is 0 Å². The minimum absolute atomic E-state index is 0.941. The molecule has 122 valence electrons. The fourth-order valence-electron chi connectivity index (χ4n) is 2.89. The van der Waals surface area contributed by atoms with E-state index in [-0.39, 0.29) is 0 Å². The molecule has 3 aromatic heterocycles. The van der Waals surface area contributed by atoms with E-state index >= 15 is 0 Å². The van der Waals surface area contributed by atoms with Gasteiger partial charge in [0.05, 0.1) is 0 Å². The number of aromatic nitrogens is 2. The Kier molecular flexibility index (Phi) is 5.38. The third-order valence-electron chi connectivity index (χ3n) is 4.13. The summed E-state index contributed by atoms with van der Waals surface area (Å²) in [5, 5.41) is 2.14. The van der Waals surface area contributed by atoms with Crippen LogP contribution in [0.3, 0.4) is 0 Å². The van der Waals surface area contributed by atoms with Gasteiger partial charge in [0.2, 0.25) is 0 Å². The molecule has 0 aliphatic carbocycles. The van der Waals surface area contributed by atoms with Gasteiger partial charge in [-0.2, -0.15) is 0 Å². The molecule has 5 heteroatoms. The van der Waals surface area contributed by atoms with Gasteiger partial charge in [-0.25, -0.2) is 0 Å². The summed E-state index contributed by atoms with van der Waals surface area (Å²) < 4.78 is 8.99. The second-order valence-electron chi connectivity index (χ2n) is 5.90. The first-order valence-electron chi connectivity index (χ1n) is 8.20. The van der Waals surface area contributed by atoms with Gasteiger partial charge in [-0.3, -0.25) is 0 Å². The van der Waals surface area contributed by atoms with Gasteiger partial charge in [0.15, 0.2) is 0 Å². The van der Waals surface area contributed by atoms with Gasteiger partial charge in [0.1, 0.15) is 0 Å². The molecule has 0 amide bonds. The van der Waals surface area contributed by atoms with Gasteiger partial charge >= 0.3 is 169 Å². The van der Waals surface area contributed by atoms with Crippen molar-refractivity contribution in [2.75, 3.05) is 0 Å². The van der Waals surface area contributed by atoms with E-state index in [0.717, 1.165) is 13.0 Å². The first-order valence-corrected chi connectivity index (χ1v) is 15.1. The zero-order valence-corrected chi connectivity index (χ0v) is 20.0. The van der Waals surface area contributed by atoms with Crippen LogP contribution in [0.4, 0.5) is 0 Å². The first-order chi connectivity index (χ1) is 12.3. The Hall–Kier alpha value is -1.38. The molecule has 4 rings (SSSR count). The summed E-state index contributed by atoms with van der Waals surface area (Å²) in [4.78, 5) is 4.13. The number of benzene rings is 1. The van der Waals surface area contributed by atoms with Crippen LogP contribution >= 0.6 is 22.7 Å². The van der Waals surface area contributed by atoms with Crippen LogP contribution < -0.4 is 2.38 Å². The van der Waals surface area contributed by atoms with Crippen LogP contribution in [-0.4, -0.2) is 32.7 Å². The number of imidazole rings is 1. The van der Waals surface area contributed by atoms with E-state index in [1.165, 1.54) is 25.9 Å². The number of rotatable bonds is 6. The van der Waals surface area contributed by atoms with Crippen LogP contribution in [0.2, 0.25) is 0 Å². The number of hydrogen-bond donors (Lipinski definition) is 0. The fraction of sp³-hybridized carbons (Fsp3) is 0.100. The maximum absolute atomic E-state index is 4.22. The van der Waals surface area contributed by atoms with Crippen molar-refractivity contribution in [3.63, 3.8) is 0 Å². The van der Waals surface area contributed by atoms with Gasteiger partial charge in [-0.15, -0.1) is 0 Å². The third-order valence-corrected chi connectivity index (χ3v) is 9.00. The zero-order valence-electron chi connectivity index (χ0n) is 13.8. The van der Waals surface area contributed by atoms with Crippen molar-refractivity contribution in [1.29, 1.82) is 0 Å². The molecule has 1 aromatic carbocycles. The summed E-state index contributed by atoms with van der Waals surface area (Å²) in [5.41, 5.74) is 2.73. The fourth-order valence-corrected chi connectivity index (χ4v) is 6.80. The molecule has 2 nitrogen and oxygen atoms in total. The molecule has 3 heterocycles. The van der Waals surface area contributed by atoms with E-state index in [1.807, 2.05) is 22.7 Å². The van der Waals surface area contributed by atoms with Crippen LogP contribution in [0.15, 0.2) is 72.5 Å². The summed E-state index contributed by atoms with van der Waals surface area (Å²) in [7, 11) is 0.